The highest BCUT2D eigenvalue weighted by Crippen LogP contribution is 2.24. The molecular formula is C19H22N2O4. The van der Waals surface area contributed by atoms with E-state index < -0.39 is 5.91 Å². The van der Waals surface area contributed by atoms with E-state index in [1.807, 2.05) is 24.3 Å². The first-order valence-corrected chi connectivity index (χ1v) is 7.91. The first-order chi connectivity index (χ1) is 11.9. The summed E-state index contributed by atoms with van der Waals surface area (Å²) in [4.78, 5) is 23.5. The lowest BCUT2D eigenvalue weighted by Gasteiger charge is -2.12. The molecule has 0 aliphatic heterocycles. The lowest BCUT2D eigenvalue weighted by molar-refractivity contribution is -0.118. The SMILES string of the molecule is COc1ccc(C(N)=O)c(OCC(=O)Nc2ccc(C(C)C)cc2)c1. The van der Waals surface area contributed by atoms with Crippen LogP contribution in [0.3, 0.4) is 0 Å². The third kappa shape index (κ3) is 4.97. The van der Waals surface area contributed by atoms with Crippen molar-refractivity contribution in [2.75, 3.05) is 19.0 Å². The predicted octanol–water partition coefficient (Wildman–Crippen LogP) is 2.94. The number of benzene rings is 2. The lowest BCUT2D eigenvalue weighted by atomic mass is 10.0. The summed E-state index contributed by atoms with van der Waals surface area (Å²) in [5, 5.41) is 2.74. The van der Waals surface area contributed by atoms with Gasteiger partial charge in [0.15, 0.2) is 6.61 Å². The van der Waals surface area contributed by atoms with Crippen LogP contribution in [0.2, 0.25) is 0 Å². The van der Waals surface area contributed by atoms with Crippen LogP contribution in [0.1, 0.15) is 35.7 Å². The number of nitrogens with one attached hydrogen (secondary N) is 1. The summed E-state index contributed by atoms with van der Waals surface area (Å²) < 4.78 is 10.5. The molecule has 2 aromatic carbocycles. The Bertz CT molecular complexity index is 755. The van der Waals surface area contributed by atoms with Gasteiger partial charge in [-0.3, -0.25) is 9.59 Å². The summed E-state index contributed by atoms with van der Waals surface area (Å²) in [5.74, 6) is 0.160. The Morgan fingerprint density at radius 2 is 1.80 bits per heavy atom. The molecule has 0 saturated heterocycles. The number of rotatable bonds is 7. The number of methoxy groups -OCH3 is 1. The summed E-state index contributed by atoms with van der Waals surface area (Å²) >= 11 is 0. The van der Waals surface area contributed by atoms with Crippen LogP contribution in [0.4, 0.5) is 5.69 Å². The number of anilines is 1. The van der Waals surface area contributed by atoms with Crippen molar-refractivity contribution in [2.24, 2.45) is 5.73 Å². The van der Waals surface area contributed by atoms with Crippen molar-refractivity contribution in [3.63, 3.8) is 0 Å². The van der Waals surface area contributed by atoms with Gasteiger partial charge in [0.25, 0.3) is 11.8 Å². The van der Waals surface area contributed by atoms with Gasteiger partial charge < -0.3 is 20.5 Å². The third-order valence-corrected chi connectivity index (χ3v) is 3.67. The van der Waals surface area contributed by atoms with Crippen LogP contribution in [0.25, 0.3) is 0 Å². The highest BCUT2D eigenvalue weighted by molar-refractivity contribution is 5.96. The van der Waals surface area contributed by atoms with E-state index >= 15 is 0 Å². The molecule has 0 fully saturated rings. The molecule has 6 heteroatoms. The number of primary amides is 1. The van der Waals surface area contributed by atoms with Crippen LogP contribution in [0.15, 0.2) is 42.5 Å². The van der Waals surface area contributed by atoms with E-state index in [2.05, 4.69) is 19.2 Å². The maximum Gasteiger partial charge on any atom is 0.262 e. The van der Waals surface area contributed by atoms with Crippen molar-refractivity contribution in [3.05, 3.63) is 53.6 Å². The largest absolute Gasteiger partial charge is 0.497 e. The molecule has 0 spiro atoms. The minimum absolute atomic E-state index is 0.190. The van der Waals surface area contributed by atoms with Gasteiger partial charge >= 0.3 is 0 Å². The van der Waals surface area contributed by atoms with Gasteiger partial charge in [0.05, 0.1) is 12.7 Å². The molecule has 25 heavy (non-hydrogen) atoms. The molecule has 0 saturated carbocycles. The van der Waals surface area contributed by atoms with Crippen molar-refractivity contribution in [1.29, 1.82) is 0 Å². The average Bonchev–Trinajstić information content (AvgIpc) is 2.60. The maximum absolute atomic E-state index is 12.1. The molecule has 0 aromatic heterocycles. The number of amides is 2. The zero-order chi connectivity index (χ0) is 18.4. The molecule has 0 atom stereocenters. The van der Waals surface area contributed by atoms with E-state index in [0.29, 0.717) is 17.4 Å². The summed E-state index contributed by atoms with van der Waals surface area (Å²) in [6, 6.07) is 12.2. The highest BCUT2D eigenvalue weighted by atomic mass is 16.5. The number of nitrogens with two attached hydrogens (primary N) is 1. The molecule has 3 N–H and O–H groups in total. The minimum atomic E-state index is -0.637. The number of carbonyl (C=O) groups is 2. The summed E-state index contributed by atoms with van der Waals surface area (Å²) in [5.41, 5.74) is 7.37. The Kier molecular flexibility index (Phi) is 6.00. The Balaban J connectivity index is 2.01. The molecule has 2 aromatic rings. The van der Waals surface area contributed by atoms with Crippen LogP contribution in [0.5, 0.6) is 11.5 Å². The van der Waals surface area contributed by atoms with Gasteiger partial charge in [0.1, 0.15) is 11.5 Å². The molecule has 0 unspecified atom stereocenters. The van der Waals surface area contributed by atoms with Gasteiger partial charge in [-0.15, -0.1) is 0 Å². The predicted molar refractivity (Wildman–Crippen MR) is 96.2 cm³/mol. The molecule has 0 aliphatic rings. The molecule has 0 heterocycles. The van der Waals surface area contributed by atoms with Crippen molar-refractivity contribution in [3.8, 4) is 11.5 Å². The topological polar surface area (TPSA) is 90.7 Å². The van der Waals surface area contributed by atoms with E-state index in [9.17, 15) is 9.59 Å². The monoisotopic (exact) mass is 342 g/mol. The normalized spacial score (nSPS) is 10.4. The van der Waals surface area contributed by atoms with Crippen LogP contribution in [-0.2, 0) is 4.79 Å². The summed E-state index contributed by atoms with van der Waals surface area (Å²) in [6.45, 7) is 3.96. The fourth-order valence-corrected chi connectivity index (χ4v) is 2.24. The van der Waals surface area contributed by atoms with Gasteiger partial charge in [-0.2, -0.15) is 0 Å². The smallest absolute Gasteiger partial charge is 0.262 e. The summed E-state index contributed by atoms with van der Waals surface area (Å²) in [7, 11) is 1.50. The fourth-order valence-electron chi connectivity index (χ4n) is 2.24. The van der Waals surface area contributed by atoms with Crippen LogP contribution in [-0.4, -0.2) is 25.5 Å². The molecule has 0 aliphatic carbocycles. The van der Waals surface area contributed by atoms with Gasteiger partial charge in [0.2, 0.25) is 0 Å². The van der Waals surface area contributed by atoms with Crippen molar-refractivity contribution < 1.29 is 19.1 Å². The second kappa shape index (κ2) is 8.19. The van der Waals surface area contributed by atoms with Crippen LogP contribution >= 0.6 is 0 Å². The summed E-state index contributed by atoms with van der Waals surface area (Å²) in [6.07, 6.45) is 0. The highest BCUT2D eigenvalue weighted by Gasteiger charge is 2.13. The Hall–Kier alpha value is -3.02. The zero-order valence-electron chi connectivity index (χ0n) is 14.5. The van der Waals surface area contributed by atoms with Crippen molar-refractivity contribution >= 4 is 17.5 Å². The molecule has 2 rings (SSSR count). The maximum atomic E-state index is 12.1. The van der Waals surface area contributed by atoms with Crippen LogP contribution in [0, 0.1) is 0 Å². The number of hydrogen-bond donors (Lipinski definition) is 2. The minimum Gasteiger partial charge on any atom is -0.497 e. The van der Waals surface area contributed by atoms with E-state index in [1.165, 1.54) is 24.8 Å². The molecule has 2 amide bonds. The molecular weight excluding hydrogens is 320 g/mol. The quantitative estimate of drug-likeness (QED) is 0.809. The Morgan fingerprint density at radius 3 is 2.36 bits per heavy atom. The van der Waals surface area contributed by atoms with Gasteiger partial charge in [-0.05, 0) is 35.7 Å². The number of carbonyl (C=O) groups excluding carboxylic acids is 2. The van der Waals surface area contributed by atoms with E-state index in [-0.39, 0.29) is 23.8 Å². The van der Waals surface area contributed by atoms with Gasteiger partial charge in [-0.25, -0.2) is 0 Å². The zero-order valence-corrected chi connectivity index (χ0v) is 14.5. The molecule has 0 radical (unpaired) electrons. The third-order valence-electron chi connectivity index (χ3n) is 3.67. The van der Waals surface area contributed by atoms with Crippen LogP contribution < -0.4 is 20.5 Å². The number of ether oxygens (including phenoxy) is 2. The second-order valence-electron chi connectivity index (χ2n) is 5.84. The lowest BCUT2D eigenvalue weighted by Crippen LogP contribution is -2.21. The first kappa shape index (κ1) is 18.3. The Morgan fingerprint density at radius 1 is 1.12 bits per heavy atom. The standard InChI is InChI=1S/C19H22N2O4/c1-12(2)13-4-6-14(7-5-13)21-18(22)11-25-17-10-15(24-3)8-9-16(17)19(20)23/h4-10,12H,11H2,1-3H3,(H2,20,23)(H,21,22). The van der Waals surface area contributed by atoms with Crippen molar-refractivity contribution in [2.45, 2.75) is 19.8 Å². The molecule has 6 nitrogen and oxygen atoms in total. The van der Waals surface area contributed by atoms with Crippen molar-refractivity contribution in [1.82, 2.24) is 0 Å². The van der Waals surface area contributed by atoms with E-state index in [1.54, 1.807) is 6.07 Å². The number of hydrogen-bond acceptors (Lipinski definition) is 4. The molecule has 132 valence electrons. The van der Waals surface area contributed by atoms with Gasteiger partial charge in [-0.1, -0.05) is 26.0 Å². The first-order valence-electron chi connectivity index (χ1n) is 7.91. The fraction of sp³-hybridized carbons (Fsp3) is 0.263. The van der Waals surface area contributed by atoms with E-state index in [4.69, 9.17) is 15.2 Å². The second-order valence-corrected chi connectivity index (χ2v) is 5.84. The van der Waals surface area contributed by atoms with Gasteiger partial charge in [0, 0.05) is 11.8 Å². The Labute approximate surface area is 146 Å². The molecule has 0 bridgehead atoms. The average molecular weight is 342 g/mol. The van der Waals surface area contributed by atoms with E-state index in [0.717, 1.165) is 0 Å².